The Kier molecular flexibility index (Phi) is 5.15. The largest absolute Gasteiger partial charge is 0.358 e. The minimum atomic E-state index is -0.537. The van der Waals surface area contributed by atoms with E-state index in [1.807, 2.05) is 13.8 Å². The zero-order chi connectivity index (χ0) is 11.3. The lowest BCUT2D eigenvalue weighted by Gasteiger charge is -2.22. The van der Waals surface area contributed by atoms with Crippen LogP contribution in [0, 0.1) is 5.92 Å². The Morgan fingerprint density at radius 3 is 2.29 bits per heavy atom. The van der Waals surface area contributed by atoms with Crippen LogP contribution >= 0.6 is 0 Å². The minimum absolute atomic E-state index is 0.0513. The number of amides is 2. The standard InChI is InChI=1S/C9H19N3O2/c1-6(2)8(10)9(14)12(4)5-7(13)11-3/h6,8H,5,10H2,1-4H3,(H,11,13)/t8-/m1/s1. The van der Waals surface area contributed by atoms with E-state index in [2.05, 4.69) is 5.32 Å². The van der Waals surface area contributed by atoms with Crippen LogP contribution < -0.4 is 11.1 Å². The van der Waals surface area contributed by atoms with Crippen molar-refractivity contribution in [1.82, 2.24) is 10.2 Å². The third-order valence-electron chi connectivity index (χ3n) is 2.04. The van der Waals surface area contributed by atoms with Gasteiger partial charge in [-0.3, -0.25) is 9.59 Å². The molecule has 0 unspecified atom stereocenters. The van der Waals surface area contributed by atoms with Crippen LogP contribution in [-0.4, -0.2) is 43.4 Å². The Balaban J connectivity index is 4.18. The molecular weight excluding hydrogens is 182 g/mol. The quantitative estimate of drug-likeness (QED) is 0.623. The number of carbonyl (C=O) groups is 2. The van der Waals surface area contributed by atoms with Crippen molar-refractivity contribution < 1.29 is 9.59 Å². The molecule has 0 aromatic rings. The monoisotopic (exact) mass is 201 g/mol. The van der Waals surface area contributed by atoms with Gasteiger partial charge in [0.2, 0.25) is 11.8 Å². The summed E-state index contributed by atoms with van der Waals surface area (Å²) in [5.41, 5.74) is 5.66. The Morgan fingerprint density at radius 1 is 1.43 bits per heavy atom. The molecule has 0 aliphatic heterocycles. The molecule has 0 bridgehead atoms. The van der Waals surface area contributed by atoms with E-state index in [4.69, 9.17) is 5.73 Å². The van der Waals surface area contributed by atoms with E-state index in [9.17, 15) is 9.59 Å². The van der Waals surface area contributed by atoms with Gasteiger partial charge in [0.05, 0.1) is 12.6 Å². The first-order valence-electron chi connectivity index (χ1n) is 4.61. The number of carbonyl (C=O) groups excluding carboxylic acids is 2. The third kappa shape index (κ3) is 3.74. The van der Waals surface area contributed by atoms with Gasteiger partial charge < -0.3 is 16.0 Å². The summed E-state index contributed by atoms with van der Waals surface area (Å²) in [4.78, 5) is 23.9. The van der Waals surface area contributed by atoms with E-state index in [-0.39, 0.29) is 24.3 Å². The molecule has 0 radical (unpaired) electrons. The molecule has 0 aromatic carbocycles. The molecule has 0 rings (SSSR count). The molecule has 0 saturated carbocycles. The van der Waals surface area contributed by atoms with Crippen molar-refractivity contribution in [2.24, 2.45) is 11.7 Å². The van der Waals surface area contributed by atoms with Gasteiger partial charge in [0, 0.05) is 14.1 Å². The summed E-state index contributed by atoms with van der Waals surface area (Å²) < 4.78 is 0. The molecule has 5 nitrogen and oxygen atoms in total. The summed E-state index contributed by atoms with van der Waals surface area (Å²) in [5, 5.41) is 2.45. The summed E-state index contributed by atoms with van der Waals surface area (Å²) in [6.45, 7) is 3.79. The molecule has 2 amide bonds. The minimum Gasteiger partial charge on any atom is -0.358 e. The molecule has 0 fully saturated rings. The fourth-order valence-corrected chi connectivity index (χ4v) is 0.912. The fraction of sp³-hybridized carbons (Fsp3) is 0.778. The Morgan fingerprint density at radius 2 is 1.93 bits per heavy atom. The van der Waals surface area contributed by atoms with Gasteiger partial charge in [-0.05, 0) is 5.92 Å². The summed E-state index contributed by atoms with van der Waals surface area (Å²) in [6.07, 6.45) is 0. The van der Waals surface area contributed by atoms with Gasteiger partial charge in [0.1, 0.15) is 0 Å². The lowest BCUT2D eigenvalue weighted by molar-refractivity contribution is -0.136. The molecule has 3 N–H and O–H groups in total. The van der Waals surface area contributed by atoms with Crippen LogP contribution in [0.4, 0.5) is 0 Å². The predicted molar refractivity (Wildman–Crippen MR) is 54.5 cm³/mol. The third-order valence-corrected chi connectivity index (χ3v) is 2.04. The highest BCUT2D eigenvalue weighted by atomic mass is 16.2. The van der Waals surface area contributed by atoms with E-state index in [0.29, 0.717) is 0 Å². The van der Waals surface area contributed by atoms with Gasteiger partial charge in [-0.25, -0.2) is 0 Å². The second-order valence-corrected chi connectivity index (χ2v) is 3.64. The van der Waals surface area contributed by atoms with Crippen LogP contribution in [0.15, 0.2) is 0 Å². The lowest BCUT2D eigenvalue weighted by Crippen LogP contribution is -2.47. The highest BCUT2D eigenvalue weighted by Gasteiger charge is 2.21. The Bertz CT molecular complexity index is 216. The number of hydrogen-bond acceptors (Lipinski definition) is 3. The molecule has 5 heteroatoms. The van der Waals surface area contributed by atoms with Crippen LogP contribution in [-0.2, 0) is 9.59 Å². The van der Waals surface area contributed by atoms with E-state index in [0.717, 1.165) is 0 Å². The second-order valence-electron chi connectivity index (χ2n) is 3.64. The van der Waals surface area contributed by atoms with Gasteiger partial charge in [-0.1, -0.05) is 13.8 Å². The van der Waals surface area contributed by atoms with Crippen LogP contribution in [0.1, 0.15) is 13.8 Å². The van der Waals surface area contributed by atoms with E-state index < -0.39 is 6.04 Å². The maximum atomic E-state index is 11.6. The lowest BCUT2D eigenvalue weighted by atomic mass is 10.0. The highest BCUT2D eigenvalue weighted by Crippen LogP contribution is 2.01. The number of rotatable bonds is 4. The van der Waals surface area contributed by atoms with Crippen molar-refractivity contribution in [2.75, 3.05) is 20.6 Å². The predicted octanol–water partition coefficient (Wildman–Crippen LogP) is -0.826. The van der Waals surface area contributed by atoms with Crippen molar-refractivity contribution in [3.05, 3.63) is 0 Å². The van der Waals surface area contributed by atoms with Gasteiger partial charge in [0.15, 0.2) is 0 Å². The molecule has 14 heavy (non-hydrogen) atoms. The van der Waals surface area contributed by atoms with Gasteiger partial charge >= 0.3 is 0 Å². The highest BCUT2D eigenvalue weighted by molar-refractivity contribution is 5.87. The second kappa shape index (κ2) is 5.59. The van der Waals surface area contributed by atoms with Crippen molar-refractivity contribution in [3.63, 3.8) is 0 Å². The molecule has 0 saturated heterocycles. The summed E-state index contributed by atoms with van der Waals surface area (Å²) >= 11 is 0. The number of nitrogens with two attached hydrogens (primary N) is 1. The first-order valence-corrected chi connectivity index (χ1v) is 4.61. The SMILES string of the molecule is CNC(=O)CN(C)C(=O)[C@H](N)C(C)C. The number of hydrogen-bond donors (Lipinski definition) is 2. The van der Waals surface area contributed by atoms with E-state index in [1.165, 1.54) is 11.9 Å². The first-order chi connectivity index (χ1) is 6.40. The zero-order valence-corrected chi connectivity index (χ0v) is 9.20. The first kappa shape index (κ1) is 12.9. The summed E-state index contributed by atoms with van der Waals surface area (Å²) in [6, 6.07) is -0.537. The van der Waals surface area contributed by atoms with Crippen molar-refractivity contribution in [1.29, 1.82) is 0 Å². The smallest absolute Gasteiger partial charge is 0.239 e. The normalized spacial score (nSPS) is 12.4. The molecule has 82 valence electrons. The molecule has 0 spiro atoms. The van der Waals surface area contributed by atoms with E-state index in [1.54, 1.807) is 7.05 Å². The average molecular weight is 201 g/mol. The molecule has 0 heterocycles. The van der Waals surface area contributed by atoms with Crippen LogP contribution in [0.3, 0.4) is 0 Å². The van der Waals surface area contributed by atoms with Crippen molar-refractivity contribution >= 4 is 11.8 Å². The number of nitrogens with zero attached hydrogens (tertiary/aromatic N) is 1. The van der Waals surface area contributed by atoms with Crippen LogP contribution in [0.25, 0.3) is 0 Å². The Hall–Kier alpha value is -1.10. The van der Waals surface area contributed by atoms with Gasteiger partial charge in [-0.2, -0.15) is 0 Å². The topological polar surface area (TPSA) is 75.4 Å². The van der Waals surface area contributed by atoms with E-state index >= 15 is 0 Å². The van der Waals surface area contributed by atoms with Crippen molar-refractivity contribution in [3.8, 4) is 0 Å². The van der Waals surface area contributed by atoms with Crippen LogP contribution in [0.5, 0.6) is 0 Å². The molecular formula is C9H19N3O2. The molecule has 0 aromatic heterocycles. The maximum Gasteiger partial charge on any atom is 0.239 e. The fourth-order valence-electron chi connectivity index (χ4n) is 0.912. The zero-order valence-electron chi connectivity index (χ0n) is 9.20. The van der Waals surface area contributed by atoms with Crippen LogP contribution in [0.2, 0.25) is 0 Å². The number of likely N-dealkylation sites (N-methyl/N-ethyl adjacent to an activating group) is 2. The van der Waals surface area contributed by atoms with Gasteiger partial charge in [0.25, 0.3) is 0 Å². The molecule has 0 aliphatic rings. The number of nitrogens with one attached hydrogen (secondary N) is 1. The summed E-state index contributed by atoms with van der Waals surface area (Å²) in [7, 11) is 3.10. The average Bonchev–Trinajstić information content (AvgIpc) is 2.14. The maximum absolute atomic E-state index is 11.6. The molecule has 1 atom stereocenters. The Labute approximate surface area is 84.6 Å². The van der Waals surface area contributed by atoms with Gasteiger partial charge in [-0.15, -0.1) is 0 Å². The molecule has 0 aliphatic carbocycles. The van der Waals surface area contributed by atoms with Crippen molar-refractivity contribution in [2.45, 2.75) is 19.9 Å². The summed E-state index contributed by atoms with van der Waals surface area (Å²) in [5.74, 6) is -0.324.